The number of nitrogens with zero attached hydrogens (tertiary/aromatic N) is 6. The second-order valence-electron chi connectivity index (χ2n) is 14.9. The number of guanidine groups is 2. The molecule has 23 nitrogen and oxygen atoms in total. The van der Waals surface area contributed by atoms with E-state index in [1.807, 2.05) is 0 Å². The second kappa shape index (κ2) is 33.4. The molecule has 358 valence electrons. The normalized spacial score (nSPS) is 12.3. The standard InChI is InChI=1S/C39H75N17O6S/c40-14-5-1-2-11-33(58)56(23-20-49-36(61)30(10-8-18-52-39(46)47)54(21-16-42)34(59)13-24-63)31(25-28-26-48-27-53-28)37(62)50-19-22-55(29(35(43)60)9-3-6-15-41)32(57)12-4-7-17-51-38(44)45/h26-27,29-31,63H,1-25,40-42H2,(H2,43,60)(H,48,53)(H,49,61)(H,50,62)(H4,44,45,51)(H4,46,47,52)/t29-,30-,31-/m0/s1. The first-order valence-corrected chi connectivity index (χ1v) is 22.4. The van der Waals surface area contributed by atoms with E-state index >= 15 is 0 Å². The fourth-order valence-corrected chi connectivity index (χ4v) is 7.05. The number of hydrogen-bond acceptors (Lipinski definition) is 13. The highest BCUT2D eigenvalue weighted by molar-refractivity contribution is 7.80. The summed E-state index contributed by atoms with van der Waals surface area (Å²) >= 11 is 4.19. The van der Waals surface area contributed by atoms with Crippen LogP contribution in [0.2, 0.25) is 0 Å². The van der Waals surface area contributed by atoms with Crippen LogP contribution in [0.5, 0.6) is 0 Å². The van der Waals surface area contributed by atoms with Crippen molar-refractivity contribution in [3.8, 4) is 0 Å². The molecule has 0 aliphatic heterocycles. The molecule has 0 unspecified atom stereocenters. The molecular formula is C39H75N17O6S. The van der Waals surface area contributed by atoms with Gasteiger partial charge < -0.3 is 76.2 Å². The number of hydrogen-bond donors (Lipinski definition) is 12. The summed E-state index contributed by atoms with van der Waals surface area (Å²) in [5.41, 5.74) is 45.4. The van der Waals surface area contributed by atoms with Gasteiger partial charge in [0.15, 0.2) is 11.9 Å². The molecule has 63 heavy (non-hydrogen) atoms. The summed E-state index contributed by atoms with van der Waals surface area (Å²) in [6.07, 6.45) is 8.21. The molecule has 0 saturated heterocycles. The van der Waals surface area contributed by atoms with Crippen molar-refractivity contribution in [1.29, 1.82) is 0 Å². The smallest absolute Gasteiger partial charge is 0.243 e. The van der Waals surface area contributed by atoms with Crippen LogP contribution >= 0.6 is 12.6 Å². The SMILES string of the molecule is NCCCCCC(=O)N(CCNC(=O)[C@H](CCCN=C(N)N)N(CCN)C(=O)CCS)[C@@H](Cc1cnc[nH]1)C(=O)NCCN(C(=O)CCCCN=C(N)N)[C@@H](CCCCN)C(N)=O. The first kappa shape index (κ1) is 55.8. The lowest BCUT2D eigenvalue weighted by Crippen LogP contribution is -2.56. The van der Waals surface area contributed by atoms with E-state index in [2.05, 4.69) is 43.2 Å². The Morgan fingerprint density at radius 1 is 0.619 bits per heavy atom. The highest BCUT2D eigenvalue weighted by atomic mass is 32.1. The minimum absolute atomic E-state index is 0.0334. The lowest BCUT2D eigenvalue weighted by atomic mass is 10.1. The van der Waals surface area contributed by atoms with Crippen LogP contribution in [0.25, 0.3) is 0 Å². The number of aliphatic imine (C=N–C) groups is 2. The third-order valence-corrected chi connectivity index (χ3v) is 10.3. The zero-order valence-corrected chi connectivity index (χ0v) is 37.7. The molecular weight excluding hydrogens is 835 g/mol. The average molecular weight is 910 g/mol. The number of amides is 6. The number of aromatic amines is 1. The Balaban J connectivity index is 3.44. The first-order valence-electron chi connectivity index (χ1n) is 21.7. The number of carbonyl (C=O) groups is 6. The van der Waals surface area contributed by atoms with Crippen molar-refractivity contribution in [2.24, 2.45) is 55.9 Å². The minimum atomic E-state index is -1.10. The summed E-state index contributed by atoms with van der Waals surface area (Å²) in [5, 5.41) is 5.75. The number of nitrogens with two attached hydrogens (primary N) is 8. The Kier molecular flexibility index (Phi) is 29.6. The molecule has 0 spiro atoms. The largest absolute Gasteiger partial charge is 0.370 e. The number of imidazole rings is 1. The third kappa shape index (κ3) is 23.2. The summed E-state index contributed by atoms with van der Waals surface area (Å²) in [7, 11) is 0. The van der Waals surface area contributed by atoms with Crippen LogP contribution in [0, 0.1) is 0 Å². The van der Waals surface area contributed by atoms with Gasteiger partial charge in [0, 0.05) is 89.9 Å². The van der Waals surface area contributed by atoms with Crippen LogP contribution < -0.4 is 56.5 Å². The third-order valence-electron chi connectivity index (χ3n) is 10.0. The van der Waals surface area contributed by atoms with Gasteiger partial charge >= 0.3 is 0 Å². The van der Waals surface area contributed by atoms with Crippen molar-refractivity contribution in [3.63, 3.8) is 0 Å². The first-order chi connectivity index (χ1) is 30.2. The molecule has 0 aliphatic carbocycles. The molecule has 0 bridgehead atoms. The molecule has 19 N–H and O–H groups in total. The van der Waals surface area contributed by atoms with E-state index in [1.165, 1.54) is 21.0 Å². The van der Waals surface area contributed by atoms with Gasteiger partial charge in [0.05, 0.1) is 6.33 Å². The van der Waals surface area contributed by atoms with E-state index in [9.17, 15) is 28.8 Å². The topological polar surface area (TPSA) is 398 Å². The van der Waals surface area contributed by atoms with E-state index in [0.717, 1.165) is 0 Å². The van der Waals surface area contributed by atoms with Crippen LogP contribution in [-0.4, -0.2) is 161 Å². The van der Waals surface area contributed by atoms with E-state index in [0.29, 0.717) is 76.7 Å². The molecule has 0 fully saturated rings. The summed E-state index contributed by atoms with van der Waals surface area (Å²) in [5.74, 6) is -2.59. The Hall–Kier alpha value is -5.20. The maximum Gasteiger partial charge on any atom is 0.243 e. The number of H-pyrrole nitrogens is 1. The van der Waals surface area contributed by atoms with Crippen molar-refractivity contribution in [2.75, 3.05) is 71.2 Å². The number of unbranched alkanes of at least 4 members (excludes halogenated alkanes) is 4. The Labute approximate surface area is 376 Å². The van der Waals surface area contributed by atoms with Crippen LogP contribution in [0.3, 0.4) is 0 Å². The van der Waals surface area contributed by atoms with Crippen molar-refractivity contribution in [1.82, 2.24) is 35.3 Å². The molecule has 1 rings (SSSR count). The zero-order valence-electron chi connectivity index (χ0n) is 36.8. The zero-order chi connectivity index (χ0) is 47.0. The highest BCUT2D eigenvalue weighted by Crippen LogP contribution is 2.15. The van der Waals surface area contributed by atoms with Crippen LogP contribution in [-0.2, 0) is 35.2 Å². The predicted molar refractivity (Wildman–Crippen MR) is 246 cm³/mol. The summed E-state index contributed by atoms with van der Waals surface area (Å²) in [6, 6.07) is -2.97. The number of nitrogens with one attached hydrogen (secondary N) is 3. The van der Waals surface area contributed by atoms with E-state index < -0.39 is 35.8 Å². The second-order valence-corrected chi connectivity index (χ2v) is 15.4. The molecule has 0 aromatic carbocycles. The van der Waals surface area contributed by atoms with Gasteiger partial charge in [-0.25, -0.2) is 4.98 Å². The van der Waals surface area contributed by atoms with E-state index in [4.69, 9.17) is 45.9 Å². The maximum atomic E-state index is 14.3. The van der Waals surface area contributed by atoms with Crippen molar-refractivity contribution in [2.45, 2.75) is 108 Å². The Morgan fingerprint density at radius 2 is 1.13 bits per heavy atom. The molecule has 1 aromatic heterocycles. The van der Waals surface area contributed by atoms with Crippen molar-refractivity contribution in [3.05, 3.63) is 18.2 Å². The van der Waals surface area contributed by atoms with Crippen LogP contribution in [0.1, 0.15) is 89.2 Å². The number of primary amides is 1. The predicted octanol–water partition coefficient (Wildman–Crippen LogP) is -3.31. The summed E-state index contributed by atoms with van der Waals surface area (Å²) < 4.78 is 0. The van der Waals surface area contributed by atoms with Crippen LogP contribution in [0.4, 0.5) is 0 Å². The molecule has 3 atom stereocenters. The molecule has 6 amide bonds. The van der Waals surface area contributed by atoms with Gasteiger partial charge in [-0.2, -0.15) is 12.6 Å². The summed E-state index contributed by atoms with van der Waals surface area (Å²) in [4.78, 5) is 101. The number of thiol groups is 1. The molecule has 0 aliphatic rings. The van der Waals surface area contributed by atoms with Gasteiger partial charge in [-0.3, -0.25) is 38.8 Å². The number of carbonyl (C=O) groups excluding carboxylic acids is 6. The molecule has 1 heterocycles. The Bertz CT molecular complexity index is 1560. The van der Waals surface area contributed by atoms with Gasteiger partial charge in [-0.05, 0) is 76.6 Å². The van der Waals surface area contributed by atoms with Crippen molar-refractivity contribution < 1.29 is 28.8 Å². The van der Waals surface area contributed by atoms with Gasteiger partial charge in [0.1, 0.15) is 18.1 Å². The molecule has 1 aromatic rings. The molecule has 0 radical (unpaired) electrons. The van der Waals surface area contributed by atoms with Crippen LogP contribution in [0.15, 0.2) is 22.5 Å². The fourth-order valence-electron chi connectivity index (χ4n) is 6.86. The van der Waals surface area contributed by atoms with Crippen molar-refractivity contribution >= 4 is 60.0 Å². The summed E-state index contributed by atoms with van der Waals surface area (Å²) in [6.45, 7) is 1.35. The van der Waals surface area contributed by atoms with E-state index in [1.54, 1.807) is 6.20 Å². The monoisotopic (exact) mass is 910 g/mol. The average Bonchev–Trinajstić information content (AvgIpc) is 3.76. The Morgan fingerprint density at radius 3 is 1.65 bits per heavy atom. The molecule has 0 saturated carbocycles. The number of aromatic nitrogens is 2. The lowest BCUT2D eigenvalue weighted by Gasteiger charge is -2.33. The fraction of sp³-hybridized carbons (Fsp3) is 0.718. The molecule has 24 heteroatoms. The van der Waals surface area contributed by atoms with E-state index in [-0.39, 0.29) is 120 Å². The van der Waals surface area contributed by atoms with Gasteiger partial charge in [-0.1, -0.05) is 6.42 Å². The lowest BCUT2D eigenvalue weighted by molar-refractivity contribution is -0.142. The maximum absolute atomic E-state index is 14.3. The van der Waals surface area contributed by atoms with Gasteiger partial charge in [0.2, 0.25) is 35.4 Å². The quantitative estimate of drug-likeness (QED) is 0.0136. The number of rotatable bonds is 36. The van der Waals surface area contributed by atoms with Gasteiger partial charge in [0.25, 0.3) is 0 Å². The minimum Gasteiger partial charge on any atom is -0.370 e. The van der Waals surface area contributed by atoms with Gasteiger partial charge in [-0.15, -0.1) is 0 Å². The highest BCUT2D eigenvalue weighted by Gasteiger charge is 2.33.